The van der Waals surface area contributed by atoms with Gasteiger partial charge >= 0.3 is 11.8 Å². The van der Waals surface area contributed by atoms with Crippen LogP contribution in [0.5, 0.6) is 0 Å². The molecule has 8 nitrogen and oxygen atoms in total. The average Bonchev–Trinajstić information content (AvgIpc) is 3.13. The lowest BCUT2D eigenvalue weighted by molar-refractivity contribution is -0.121. The molecule has 3 aromatic carbocycles. The van der Waals surface area contributed by atoms with E-state index < -0.39 is 5.76 Å². The lowest BCUT2D eigenvalue weighted by Gasteiger charge is -2.10. The third-order valence-electron chi connectivity index (χ3n) is 5.31. The second kappa shape index (κ2) is 10.5. The van der Waals surface area contributed by atoms with Crippen molar-refractivity contribution in [2.24, 2.45) is 0 Å². The molecule has 0 bridgehead atoms. The Labute approximate surface area is 196 Å². The molecule has 1 heterocycles. The minimum absolute atomic E-state index is 0.114. The molecule has 4 aromatic rings. The monoisotopic (exact) mass is 458 g/mol. The number of anilines is 2. The maximum Gasteiger partial charge on any atom is 0.419 e. The molecule has 0 saturated carbocycles. The zero-order chi connectivity index (χ0) is 23.9. The molecule has 8 heteroatoms. The van der Waals surface area contributed by atoms with Crippen LogP contribution in [0.25, 0.3) is 11.1 Å². The smallest absolute Gasteiger partial charge is 0.408 e. The third-order valence-corrected chi connectivity index (χ3v) is 5.31. The van der Waals surface area contributed by atoms with Crippen LogP contribution in [0.4, 0.5) is 16.2 Å². The van der Waals surface area contributed by atoms with E-state index in [2.05, 4.69) is 16.0 Å². The van der Waals surface area contributed by atoms with E-state index in [0.29, 0.717) is 36.5 Å². The number of fused-ring (bicyclic) bond motifs is 1. The van der Waals surface area contributed by atoms with E-state index in [-0.39, 0.29) is 18.4 Å². The summed E-state index contributed by atoms with van der Waals surface area (Å²) in [5.41, 5.74) is 4.52. The fraction of sp³-hybridized carbons (Fsp3) is 0.192. The number of nitrogens with zero attached hydrogens (tertiary/aromatic N) is 1. The molecular weight excluding hydrogens is 432 g/mol. The highest BCUT2D eigenvalue weighted by molar-refractivity contribution is 5.99. The van der Waals surface area contributed by atoms with Crippen LogP contribution in [0.3, 0.4) is 0 Å². The number of para-hydroxylation sites is 2. The van der Waals surface area contributed by atoms with E-state index in [1.54, 1.807) is 16.7 Å². The Morgan fingerprint density at radius 3 is 2.44 bits per heavy atom. The van der Waals surface area contributed by atoms with Crippen molar-refractivity contribution >= 4 is 34.4 Å². The maximum atomic E-state index is 12.3. The largest absolute Gasteiger partial charge is 0.419 e. The molecule has 1 aromatic heterocycles. The molecule has 0 saturated heterocycles. The molecule has 0 radical (unpaired) electrons. The van der Waals surface area contributed by atoms with Gasteiger partial charge in [-0.15, -0.1) is 0 Å². The fourth-order valence-corrected chi connectivity index (χ4v) is 3.69. The Kier molecular flexibility index (Phi) is 7.07. The van der Waals surface area contributed by atoms with Crippen molar-refractivity contribution in [2.45, 2.75) is 32.9 Å². The Bertz CT molecular complexity index is 1370. The molecule has 3 amide bonds. The number of carbonyl (C=O) groups is 2. The normalized spacial score (nSPS) is 10.7. The van der Waals surface area contributed by atoms with Gasteiger partial charge in [0.25, 0.3) is 0 Å². The van der Waals surface area contributed by atoms with E-state index in [0.717, 1.165) is 16.6 Å². The van der Waals surface area contributed by atoms with Crippen molar-refractivity contribution in [3.8, 4) is 0 Å². The highest BCUT2D eigenvalue weighted by Gasteiger charge is 2.09. The predicted molar refractivity (Wildman–Crippen MR) is 132 cm³/mol. The summed E-state index contributed by atoms with van der Waals surface area (Å²) in [4.78, 5) is 36.6. The number of benzene rings is 3. The molecule has 0 aliphatic heterocycles. The molecule has 3 N–H and O–H groups in total. The SMILES string of the molecule is Cc1cccc(NC(=O)Nc2cccc(CNC(=O)CCCn3c(=O)oc4ccccc43)c2)c1. The van der Waals surface area contributed by atoms with Gasteiger partial charge in [0.1, 0.15) is 0 Å². The van der Waals surface area contributed by atoms with Gasteiger partial charge < -0.3 is 20.4 Å². The highest BCUT2D eigenvalue weighted by atomic mass is 16.4. The topological polar surface area (TPSA) is 105 Å². The van der Waals surface area contributed by atoms with Gasteiger partial charge in [0, 0.05) is 30.9 Å². The standard InChI is InChI=1S/C26H26N4O4/c1-18-7-4-9-20(15-18)28-25(32)29-21-10-5-8-19(16-21)17-27-24(31)13-6-14-30-22-11-2-3-12-23(22)34-26(30)33/h2-5,7-12,15-16H,6,13-14,17H2,1H3,(H,27,31)(H2,28,29,32). The molecule has 34 heavy (non-hydrogen) atoms. The number of urea groups is 1. The van der Waals surface area contributed by atoms with E-state index in [1.165, 1.54) is 0 Å². The number of amides is 3. The van der Waals surface area contributed by atoms with E-state index >= 15 is 0 Å². The van der Waals surface area contributed by atoms with E-state index in [4.69, 9.17) is 4.42 Å². The van der Waals surface area contributed by atoms with E-state index in [9.17, 15) is 14.4 Å². The molecule has 4 rings (SSSR count). The minimum Gasteiger partial charge on any atom is -0.408 e. The summed E-state index contributed by atoms with van der Waals surface area (Å²) in [5, 5.41) is 8.48. The summed E-state index contributed by atoms with van der Waals surface area (Å²) in [6, 6.07) is 21.7. The molecule has 174 valence electrons. The summed E-state index contributed by atoms with van der Waals surface area (Å²) in [6.45, 7) is 2.70. The summed E-state index contributed by atoms with van der Waals surface area (Å²) in [6.07, 6.45) is 0.790. The van der Waals surface area contributed by atoms with Crippen LogP contribution < -0.4 is 21.7 Å². The number of hydrogen-bond acceptors (Lipinski definition) is 4. The number of hydrogen-bond donors (Lipinski definition) is 3. The molecule has 0 aliphatic carbocycles. The highest BCUT2D eigenvalue weighted by Crippen LogP contribution is 2.14. The van der Waals surface area contributed by atoms with Gasteiger partial charge in [0.15, 0.2) is 5.58 Å². The van der Waals surface area contributed by atoms with Crippen molar-refractivity contribution in [1.29, 1.82) is 0 Å². The first-order valence-electron chi connectivity index (χ1n) is 11.1. The quantitative estimate of drug-likeness (QED) is 0.358. The number of oxazole rings is 1. The molecule has 0 atom stereocenters. The van der Waals surface area contributed by atoms with Crippen LogP contribution in [0, 0.1) is 6.92 Å². The second-order valence-electron chi connectivity index (χ2n) is 8.02. The van der Waals surface area contributed by atoms with Gasteiger partial charge in [-0.1, -0.05) is 36.4 Å². The summed E-state index contributed by atoms with van der Waals surface area (Å²) < 4.78 is 6.75. The zero-order valence-corrected chi connectivity index (χ0v) is 18.8. The van der Waals surface area contributed by atoms with Crippen LogP contribution in [0.2, 0.25) is 0 Å². The lowest BCUT2D eigenvalue weighted by Crippen LogP contribution is -2.24. The molecule has 0 spiro atoms. The second-order valence-corrected chi connectivity index (χ2v) is 8.02. The average molecular weight is 459 g/mol. The maximum absolute atomic E-state index is 12.3. The van der Waals surface area contributed by atoms with Gasteiger partial charge in [0.2, 0.25) is 5.91 Å². The summed E-state index contributed by atoms with van der Waals surface area (Å²) >= 11 is 0. The number of aromatic nitrogens is 1. The number of rotatable bonds is 8. The van der Waals surface area contributed by atoms with Gasteiger partial charge in [-0.2, -0.15) is 0 Å². The summed E-state index contributed by atoms with van der Waals surface area (Å²) in [7, 11) is 0. The Hall–Kier alpha value is -4.33. The Balaban J connectivity index is 1.24. The molecule has 0 fully saturated rings. The predicted octanol–water partition coefficient (Wildman–Crippen LogP) is 4.64. The number of aryl methyl sites for hydroxylation is 2. The van der Waals surface area contributed by atoms with Crippen LogP contribution >= 0.6 is 0 Å². The van der Waals surface area contributed by atoms with Gasteiger partial charge in [-0.3, -0.25) is 9.36 Å². The van der Waals surface area contributed by atoms with Gasteiger partial charge in [0.05, 0.1) is 5.52 Å². The first-order valence-corrected chi connectivity index (χ1v) is 11.1. The Morgan fingerprint density at radius 2 is 1.65 bits per heavy atom. The van der Waals surface area contributed by atoms with Crippen molar-refractivity contribution in [1.82, 2.24) is 9.88 Å². The zero-order valence-electron chi connectivity index (χ0n) is 18.8. The minimum atomic E-state index is -0.419. The van der Waals surface area contributed by atoms with Crippen LogP contribution in [-0.2, 0) is 17.9 Å². The number of carbonyl (C=O) groups excluding carboxylic acids is 2. The lowest BCUT2D eigenvalue weighted by atomic mass is 10.2. The van der Waals surface area contributed by atoms with Crippen LogP contribution in [0.1, 0.15) is 24.0 Å². The van der Waals surface area contributed by atoms with Crippen LogP contribution in [0.15, 0.2) is 82.0 Å². The van der Waals surface area contributed by atoms with Gasteiger partial charge in [-0.25, -0.2) is 9.59 Å². The molecule has 0 aliphatic rings. The van der Waals surface area contributed by atoms with Crippen LogP contribution in [-0.4, -0.2) is 16.5 Å². The van der Waals surface area contributed by atoms with Crippen molar-refractivity contribution in [3.05, 3.63) is 94.5 Å². The molecule has 0 unspecified atom stereocenters. The van der Waals surface area contributed by atoms with Crippen molar-refractivity contribution in [3.63, 3.8) is 0 Å². The summed E-state index contributed by atoms with van der Waals surface area (Å²) in [5.74, 6) is -0.534. The van der Waals surface area contributed by atoms with E-state index in [1.807, 2.05) is 67.6 Å². The first kappa shape index (κ1) is 22.8. The van der Waals surface area contributed by atoms with Crippen molar-refractivity contribution in [2.75, 3.05) is 10.6 Å². The van der Waals surface area contributed by atoms with Gasteiger partial charge in [-0.05, 0) is 60.9 Å². The number of nitrogens with one attached hydrogen (secondary N) is 3. The first-order chi connectivity index (χ1) is 16.5. The fourth-order valence-electron chi connectivity index (χ4n) is 3.69. The van der Waals surface area contributed by atoms with Crippen molar-refractivity contribution < 1.29 is 14.0 Å². The Morgan fingerprint density at radius 1 is 0.912 bits per heavy atom. The third kappa shape index (κ3) is 5.92. The molecular formula is C26H26N4O4.